The summed E-state index contributed by atoms with van der Waals surface area (Å²) in [6, 6.07) is 0. The molecule has 1 saturated heterocycles. The molecule has 1 aliphatic heterocycles. The molecule has 1 fully saturated rings. The van der Waals surface area contributed by atoms with Gasteiger partial charge >= 0.3 is 0 Å². The van der Waals surface area contributed by atoms with Crippen molar-refractivity contribution in [2.75, 3.05) is 19.8 Å². The minimum atomic E-state index is 0.329. The van der Waals surface area contributed by atoms with E-state index in [1.54, 1.807) is 0 Å². The van der Waals surface area contributed by atoms with Crippen molar-refractivity contribution in [3.8, 4) is 0 Å². The third kappa shape index (κ3) is 3.65. The van der Waals surface area contributed by atoms with E-state index in [-0.39, 0.29) is 0 Å². The first-order valence-corrected chi connectivity index (χ1v) is 5.37. The van der Waals surface area contributed by atoms with Gasteiger partial charge in [-0.2, -0.15) is 0 Å². The van der Waals surface area contributed by atoms with Crippen molar-refractivity contribution in [2.24, 2.45) is 5.92 Å². The summed E-state index contributed by atoms with van der Waals surface area (Å²) in [6.07, 6.45) is 4.97. The molecule has 1 rings (SSSR count). The Labute approximate surface area is 81.6 Å². The molecule has 0 spiro atoms. The minimum absolute atomic E-state index is 0.329. The molecule has 0 bridgehead atoms. The summed E-state index contributed by atoms with van der Waals surface area (Å²) in [5.74, 6) is 0.655. The molecule has 2 nitrogen and oxygen atoms in total. The molecule has 0 aromatic rings. The highest BCUT2D eigenvalue weighted by molar-refractivity contribution is 4.72. The molecule has 13 heavy (non-hydrogen) atoms. The molecule has 0 aromatic carbocycles. The van der Waals surface area contributed by atoms with Crippen LogP contribution >= 0.6 is 0 Å². The lowest BCUT2D eigenvalue weighted by Gasteiger charge is -2.30. The van der Waals surface area contributed by atoms with Crippen molar-refractivity contribution in [3.05, 3.63) is 6.92 Å². The average Bonchev–Trinajstić information content (AvgIpc) is 2.19. The maximum atomic E-state index is 5.69. The van der Waals surface area contributed by atoms with Crippen LogP contribution in [0.5, 0.6) is 0 Å². The lowest BCUT2D eigenvalue weighted by atomic mass is 9.92. The largest absolute Gasteiger partial charge is 0.376 e. The van der Waals surface area contributed by atoms with Crippen molar-refractivity contribution in [1.82, 2.24) is 0 Å². The first-order chi connectivity index (χ1) is 6.38. The van der Waals surface area contributed by atoms with E-state index in [0.717, 1.165) is 26.2 Å². The predicted octanol–water partition coefficient (Wildman–Crippen LogP) is 2.43. The Balaban J connectivity index is 2.32. The highest BCUT2D eigenvalue weighted by Crippen LogP contribution is 2.22. The van der Waals surface area contributed by atoms with Gasteiger partial charge in [-0.05, 0) is 18.8 Å². The van der Waals surface area contributed by atoms with Gasteiger partial charge in [0, 0.05) is 0 Å². The molecular formula is C11H21O2. The topological polar surface area (TPSA) is 18.5 Å². The highest BCUT2D eigenvalue weighted by Gasteiger charge is 2.23. The Hall–Kier alpha value is -0.0800. The highest BCUT2D eigenvalue weighted by atomic mass is 16.6. The second-order valence-electron chi connectivity index (χ2n) is 3.68. The molecule has 1 heterocycles. The van der Waals surface area contributed by atoms with Gasteiger partial charge in [0.1, 0.15) is 0 Å². The van der Waals surface area contributed by atoms with E-state index in [2.05, 4.69) is 13.8 Å². The molecule has 2 atom stereocenters. The summed E-state index contributed by atoms with van der Waals surface area (Å²) in [5.41, 5.74) is 0. The third-order valence-corrected chi connectivity index (χ3v) is 2.60. The van der Waals surface area contributed by atoms with Gasteiger partial charge in [0.2, 0.25) is 0 Å². The van der Waals surface area contributed by atoms with Crippen LogP contribution in [0.3, 0.4) is 0 Å². The molecular weight excluding hydrogens is 164 g/mol. The fourth-order valence-electron chi connectivity index (χ4n) is 1.93. The van der Waals surface area contributed by atoms with Crippen LogP contribution in [-0.4, -0.2) is 25.9 Å². The lowest BCUT2D eigenvalue weighted by molar-refractivity contribution is -0.113. The summed E-state index contributed by atoms with van der Waals surface area (Å²) in [7, 11) is 0. The fourth-order valence-corrected chi connectivity index (χ4v) is 1.93. The van der Waals surface area contributed by atoms with Crippen LogP contribution in [0, 0.1) is 12.8 Å². The molecule has 1 aliphatic rings. The molecule has 0 saturated carbocycles. The van der Waals surface area contributed by atoms with E-state index in [9.17, 15) is 0 Å². The van der Waals surface area contributed by atoms with Gasteiger partial charge in [-0.1, -0.05) is 26.7 Å². The number of hydrogen-bond acceptors (Lipinski definition) is 2. The smallest absolute Gasteiger partial charge is 0.0837 e. The summed E-state index contributed by atoms with van der Waals surface area (Å²) in [5, 5.41) is 0. The van der Waals surface area contributed by atoms with Crippen LogP contribution in [0.4, 0.5) is 0 Å². The third-order valence-electron chi connectivity index (χ3n) is 2.60. The number of hydrogen-bond donors (Lipinski definition) is 0. The van der Waals surface area contributed by atoms with E-state index in [0.29, 0.717) is 12.0 Å². The lowest BCUT2D eigenvalue weighted by Crippen LogP contribution is -2.35. The van der Waals surface area contributed by atoms with E-state index >= 15 is 0 Å². The summed E-state index contributed by atoms with van der Waals surface area (Å²) >= 11 is 0. The van der Waals surface area contributed by atoms with Crippen molar-refractivity contribution in [3.63, 3.8) is 0 Å². The van der Waals surface area contributed by atoms with Crippen molar-refractivity contribution in [1.29, 1.82) is 0 Å². The zero-order valence-corrected chi connectivity index (χ0v) is 8.63. The van der Waals surface area contributed by atoms with Gasteiger partial charge in [-0.25, -0.2) is 0 Å². The van der Waals surface area contributed by atoms with Gasteiger partial charge in [0.05, 0.1) is 25.9 Å². The van der Waals surface area contributed by atoms with E-state index in [1.165, 1.54) is 19.3 Å². The minimum Gasteiger partial charge on any atom is -0.376 e. The normalized spacial score (nSPS) is 23.8. The van der Waals surface area contributed by atoms with Gasteiger partial charge in [-0.3, -0.25) is 0 Å². The zero-order valence-electron chi connectivity index (χ0n) is 8.63. The van der Waals surface area contributed by atoms with E-state index in [1.807, 2.05) is 0 Å². The standard InChI is InChI=1S/C11H21O2/c1-3-5-10(6-4-2)11-9-12-7-8-13-11/h10-11H,1,3-9H2,2H3. The molecule has 0 aromatic heterocycles. The van der Waals surface area contributed by atoms with Crippen molar-refractivity contribution >= 4 is 0 Å². The SMILES string of the molecule is [CH2]CCC(CCC)C1COCCO1. The Morgan fingerprint density at radius 2 is 2.23 bits per heavy atom. The van der Waals surface area contributed by atoms with Crippen LogP contribution in [0.15, 0.2) is 0 Å². The van der Waals surface area contributed by atoms with Crippen LogP contribution in [0.1, 0.15) is 32.6 Å². The van der Waals surface area contributed by atoms with Crippen LogP contribution < -0.4 is 0 Å². The molecule has 0 N–H and O–H groups in total. The molecule has 0 amide bonds. The Kier molecular flexibility index (Phi) is 5.40. The molecule has 2 heteroatoms. The molecule has 0 aliphatic carbocycles. The van der Waals surface area contributed by atoms with Gasteiger partial charge in [-0.15, -0.1) is 0 Å². The van der Waals surface area contributed by atoms with Crippen LogP contribution in [0.25, 0.3) is 0 Å². The first-order valence-electron chi connectivity index (χ1n) is 5.37. The Morgan fingerprint density at radius 3 is 2.77 bits per heavy atom. The second-order valence-corrected chi connectivity index (χ2v) is 3.68. The quantitative estimate of drug-likeness (QED) is 0.655. The van der Waals surface area contributed by atoms with Crippen LogP contribution in [-0.2, 0) is 9.47 Å². The van der Waals surface area contributed by atoms with E-state index < -0.39 is 0 Å². The van der Waals surface area contributed by atoms with Gasteiger partial charge in [0.15, 0.2) is 0 Å². The number of ether oxygens (including phenoxy) is 2. The van der Waals surface area contributed by atoms with Gasteiger partial charge in [0.25, 0.3) is 0 Å². The molecule has 2 unspecified atom stereocenters. The zero-order chi connectivity index (χ0) is 9.52. The average molecular weight is 185 g/mol. The Morgan fingerprint density at radius 1 is 1.38 bits per heavy atom. The van der Waals surface area contributed by atoms with E-state index in [4.69, 9.17) is 9.47 Å². The van der Waals surface area contributed by atoms with Crippen molar-refractivity contribution < 1.29 is 9.47 Å². The Bertz CT molecular complexity index is 113. The number of rotatable bonds is 5. The molecule has 77 valence electrons. The fraction of sp³-hybridized carbons (Fsp3) is 0.909. The predicted molar refractivity (Wildman–Crippen MR) is 53.5 cm³/mol. The first kappa shape index (κ1) is 11.0. The maximum Gasteiger partial charge on any atom is 0.0837 e. The van der Waals surface area contributed by atoms with Crippen LogP contribution in [0.2, 0.25) is 0 Å². The monoisotopic (exact) mass is 185 g/mol. The summed E-state index contributed by atoms with van der Waals surface area (Å²) in [6.45, 7) is 8.44. The maximum absolute atomic E-state index is 5.69. The second kappa shape index (κ2) is 6.39. The molecule has 1 radical (unpaired) electrons. The van der Waals surface area contributed by atoms with Gasteiger partial charge < -0.3 is 9.47 Å². The summed E-state index contributed by atoms with van der Waals surface area (Å²) in [4.78, 5) is 0. The van der Waals surface area contributed by atoms with Crippen molar-refractivity contribution in [2.45, 2.75) is 38.7 Å². The summed E-state index contributed by atoms with van der Waals surface area (Å²) < 4.78 is 11.1.